The van der Waals surface area contributed by atoms with E-state index in [-0.39, 0.29) is 24.4 Å². The van der Waals surface area contributed by atoms with E-state index < -0.39 is 0 Å². The van der Waals surface area contributed by atoms with Crippen molar-refractivity contribution in [3.05, 3.63) is 53.6 Å². The average molecular weight is 427 g/mol. The second kappa shape index (κ2) is 11.5. The highest BCUT2D eigenvalue weighted by Crippen LogP contribution is 2.28. The van der Waals surface area contributed by atoms with E-state index in [2.05, 4.69) is 67.9 Å². The monoisotopic (exact) mass is 426 g/mol. The Kier molecular flexibility index (Phi) is 9.06. The molecule has 0 saturated heterocycles. The summed E-state index contributed by atoms with van der Waals surface area (Å²) in [5, 5.41) is 7.70. The minimum absolute atomic E-state index is 0.125. The second-order valence-electron chi connectivity index (χ2n) is 8.33. The van der Waals surface area contributed by atoms with Crippen LogP contribution in [0.3, 0.4) is 0 Å². The average Bonchev–Trinajstić information content (AvgIpc) is 2.73. The molecule has 168 valence electrons. The van der Waals surface area contributed by atoms with E-state index in [0.29, 0.717) is 29.0 Å². The van der Waals surface area contributed by atoms with Gasteiger partial charge in [0.05, 0.1) is 12.8 Å². The van der Waals surface area contributed by atoms with E-state index in [4.69, 9.17) is 4.74 Å². The van der Waals surface area contributed by atoms with Crippen LogP contribution >= 0.6 is 0 Å². The van der Waals surface area contributed by atoms with Crippen molar-refractivity contribution in [3.8, 4) is 5.75 Å². The first-order chi connectivity index (χ1) is 14.7. The number of nitrogens with one attached hydrogen (secondary N) is 2. The molecule has 0 aliphatic carbocycles. The highest BCUT2D eigenvalue weighted by Gasteiger charge is 2.21. The predicted octanol–water partition coefficient (Wildman–Crippen LogP) is 4.07. The maximum Gasteiger partial charge on any atom is 0.279 e. The quantitative estimate of drug-likeness (QED) is 0.535. The highest BCUT2D eigenvalue weighted by molar-refractivity contribution is 5.95. The van der Waals surface area contributed by atoms with Gasteiger partial charge in [-0.2, -0.15) is 0 Å². The Labute approximate surface area is 185 Å². The number of hydrogen-bond donors (Lipinski definition) is 3. The molecule has 0 aliphatic rings. The molecule has 4 N–H and O–H groups in total. The molecule has 2 atom stereocenters. The van der Waals surface area contributed by atoms with Crippen LogP contribution in [0.5, 0.6) is 5.75 Å². The van der Waals surface area contributed by atoms with Gasteiger partial charge in [0.1, 0.15) is 11.8 Å². The minimum Gasteiger partial charge on any atom is -0.495 e. The molecule has 0 aliphatic heterocycles. The molecule has 0 spiro atoms. The fourth-order valence-electron chi connectivity index (χ4n) is 3.60. The minimum atomic E-state index is -0.171. The molecule has 0 saturated carbocycles. The number of hydrogen-bond acceptors (Lipinski definition) is 3. The van der Waals surface area contributed by atoms with Crippen molar-refractivity contribution >= 4 is 23.2 Å². The van der Waals surface area contributed by atoms with Crippen LogP contribution in [0.2, 0.25) is 0 Å². The zero-order valence-electron chi connectivity index (χ0n) is 19.5. The largest absolute Gasteiger partial charge is 0.495 e. The summed E-state index contributed by atoms with van der Waals surface area (Å²) in [6, 6.07) is 14.1. The van der Waals surface area contributed by atoms with Crippen LogP contribution in [0.4, 0.5) is 11.4 Å². The molecule has 6 nitrogen and oxygen atoms in total. The van der Waals surface area contributed by atoms with Crippen LogP contribution in [-0.4, -0.2) is 25.5 Å². The zero-order valence-corrected chi connectivity index (χ0v) is 19.5. The van der Waals surface area contributed by atoms with Gasteiger partial charge in [-0.1, -0.05) is 52.0 Å². The first-order valence-corrected chi connectivity index (χ1v) is 10.9. The summed E-state index contributed by atoms with van der Waals surface area (Å²) in [7, 11) is 1.55. The van der Waals surface area contributed by atoms with Gasteiger partial charge in [-0.3, -0.25) is 9.59 Å². The van der Waals surface area contributed by atoms with Gasteiger partial charge in [-0.15, -0.1) is 0 Å². The first kappa shape index (κ1) is 24.4. The van der Waals surface area contributed by atoms with Gasteiger partial charge in [-0.25, -0.2) is 0 Å². The number of carbonyl (C=O) groups excluding carboxylic acids is 2. The number of amides is 2. The standard InChI is InChI=1S/C25H35N3O3/c1-7-17(4)19-8-10-20(11-9-19)25(16(2)3)26-15-24(30)28-22-14-21(27-18(5)29)12-13-23(22)31-6/h8-14,16-17,25-26H,7,15H2,1-6H3,(H,27,29)(H,28,30)/p+1/t17-,25-/m0/s1. The maximum absolute atomic E-state index is 12.7. The van der Waals surface area contributed by atoms with Crippen LogP contribution < -0.4 is 20.7 Å². The van der Waals surface area contributed by atoms with Crippen molar-refractivity contribution in [2.75, 3.05) is 24.3 Å². The first-order valence-electron chi connectivity index (χ1n) is 10.9. The van der Waals surface area contributed by atoms with Crippen molar-refractivity contribution in [3.63, 3.8) is 0 Å². The van der Waals surface area contributed by atoms with E-state index in [1.807, 2.05) is 0 Å². The Morgan fingerprint density at radius 1 is 1.00 bits per heavy atom. The fraction of sp³-hybridized carbons (Fsp3) is 0.440. The summed E-state index contributed by atoms with van der Waals surface area (Å²) in [4.78, 5) is 24.0. The molecule has 0 radical (unpaired) electrons. The van der Waals surface area contributed by atoms with Gasteiger partial charge in [0.2, 0.25) is 5.91 Å². The number of rotatable bonds is 10. The molecule has 0 aromatic heterocycles. The van der Waals surface area contributed by atoms with Crippen molar-refractivity contribution in [1.82, 2.24) is 0 Å². The molecule has 2 rings (SSSR count). The molecule has 0 unspecified atom stereocenters. The third-order valence-corrected chi connectivity index (χ3v) is 5.57. The topological polar surface area (TPSA) is 84.0 Å². The van der Waals surface area contributed by atoms with Crippen LogP contribution in [0, 0.1) is 5.92 Å². The summed E-state index contributed by atoms with van der Waals surface area (Å²) < 4.78 is 5.34. The van der Waals surface area contributed by atoms with Crippen LogP contribution in [-0.2, 0) is 9.59 Å². The van der Waals surface area contributed by atoms with Crippen molar-refractivity contribution in [2.24, 2.45) is 5.92 Å². The lowest BCUT2D eigenvalue weighted by Gasteiger charge is -2.20. The van der Waals surface area contributed by atoms with Crippen LogP contribution in [0.1, 0.15) is 64.1 Å². The van der Waals surface area contributed by atoms with Crippen molar-refractivity contribution < 1.29 is 19.6 Å². The van der Waals surface area contributed by atoms with Crippen molar-refractivity contribution in [1.29, 1.82) is 0 Å². The smallest absolute Gasteiger partial charge is 0.279 e. The van der Waals surface area contributed by atoms with Gasteiger partial charge in [-0.05, 0) is 36.1 Å². The molecule has 0 heterocycles. The Bertz CT molecular complexity index is 878. The number of ether oxygens (including phenoxy) is 1. The Morgan fingerprint density at radius 2 is 1.65 bits per heavy atom. The summed E-state index contributed by atoms with van der Waals surface area (Å²) in [6.45, 7) is 10.5. The van der Waals surface area contributed by atoms with E-state index in [1.165, 1.54) is 18.1 Å². The van der Waals surface area contributed by atoms with Gasteiger partial charge in [0.15, 0.2) is 6.54 Å². The molecule has 2 aromatic carbocycles. The third kappa shape index (κ3) is 7.10. The highest BCUT2D eigenvalue weighted by atomic mass is 16.5. The number of quaternary nitrogens is 1. The van der Waals surface area contributed by atoms with E-state index >= 15 is 0 Å². The van der Waals surface area contributed by atoms with Crippen molar-refractivity contribution in [2.45, 2.75) is 53.0 Å². The van der Waals surface area contributed by atoms with E-state index in [9.17, 15) is 9.59 Å². The number of benzene rings is 2. The summed E-state index contributed by atoms with van der Waals surface area (Å²) in [6.07, 6.45) is 1.12. The van der Waals surface area contributed by atoms with Crippen LogP contribution in [0.15, 0.2) is 42.5 Å². The zero-order chi connectivity index (χ0) is 23.0. The molecule has 0 fully saturated rings. The SMILES string of the molecule is CC[C@H](C)c1ccc([C@@H]([NH2+]CC(=O)Nc2cc(NC(C)=O)ccc2OC)C(C)C)cc1. The summed E-state index contributed by atoms with van der Waals surface area (Å²) >= 11 is 0. The molecular weight excluding hydrogens is 390 g/mol. The lowest BCUT2D eigenvalue weighted by Crippen LogP contribution is -2.88. The predicted molar refractivity (Wildman–Crippen MR) is 125 cm³/mol. The summed E-state index contributed by atoms with van der Waals surface area (Å²) in [5.41, 5.74) is 3.71. The van der Waals surface area contributed by atoms with Gasteiger partial charge in [0.25, 0.3) is 5.91 Å². The maximum atomic E-state index is 12.7. The number of anilines is 2. The Morgan fingerprint density at radius 3 is 2.19 bits per heavy atom. The fourth-order valence-corrected chi connectivity index (χ4v) is 3.60. The van der Waals surface area contributed by atoms with E-state index in [1.54, 1.807) is 25.3 Å². The molecular formula is C25H36N3O3+. The third-order valence-electron chi connectivity index (χ3n) is 5.57. The van der Waals surface area contributed by atoms with Gasteiger partial charge in [0, 0.05) is 24.1 Å². The number of methoxy groups -OCH3 is 1. The lowest BCUT2D eigenvalue weighted by atomic mass is 9.92. The summed E-state index contributed by atoms with van der Waals surface area (Å²) in [5.74, 6) is 1.17. The van der Waals surface area contributed by atoms with Gasteiger partial charge >= 0.3 is 0 Å². The Hall–Kier alpha value is -2.86. The van der Waals surface area contributed by atoms with E-state index in [0.717, 1.165) is 6.42 Å². The normalized spacial score (nSPS) is 12.9. The lowest BCUT2D eigenvalue weighted by molar-refractivity contribution is -0.692. The number of nitrogens with two attached hydrogens (primary N) is 1. The van der Waals surface area contributed by atoms with Crippen LogP contribution in [0.25, 0.3) is 0 Å². The molecule has 6 heteroatoms. The molecule has 31 heavy (non-hydrogen) atoms. The van der Waals surface area contributed by atoms with Gasteiger partial charge < -0.3 is 20.7 Å². The molecule has 0 bridgehead atoms. The Balaban J connectivity index is 2.06. The second-order valence-corrected chi connectivity index (χ2v) is 8.33. The number of carbonyl (C=O) groups is 2. The molecule has 2 amide bonds. The molecule has 2 aromatic rings.